The maximum atomic E-state index is 12.4. The highest BCUT2D eigenvalue weighted by molar-refractivity contribution is 5.98. The molecule has 2 nitrogen and oxygen atoms in total. The molecule has 0 aromatic heterocycles. The number of fused-ring (bicyclic) bond motifs is 1. The molecule has 1 aliphatic carbocycles. The van der Waals surface area contributed by atoms with Crippen LogP contribution in [0.25, 0.3) is 0 Å². The lowest BCUT2D eigenvalue weighted by Crippen LogP contribution is -2.18. The Labute approximate surface area is 108 Å². The molecule has 2 heteroatoms. The first-order chi connectivity index (χ1) is 8.84. The molecule has 1 aliphatic heterocycles. The SMILES string of the molecule is O=C(c1ccc2c(c1)CCCO2)C1CCCCC1. The van der Waals surface area contributed by atoms with Crippen LogP contribution in [0.3, 0.4) is 0 Å². The second-order valence-electron chi connectivity index (χ2n) is 5.47. The van der Waals surface area contributed by atoms with Gasteiger partial charge < -0.3 is 4.74 Å². The van der Waals surface area contributed by atoms with Crippen LogP contribution >= 0.6 is 0 Å². The van der Waals surface area contributed by atoms with Crippen LogP contribution < -0.4 is 4.74 Å². The summed E-state index contributed by atoms with van der Waals surface area (Å²) in [4.78, 5) is 12.4. The van der Waals surface area contributed by atoms with E-state index in [-0.39, 0.29) is 5.92 Å². The molecule has 2 aliphatic rings. The Balaban J connectivity index is 1.80. The Morgan fingerprint density at radius 1 is 1.11 bits per heavy atom. The van der Waals surface area contributed by atoms with E-state index >= 15 is 0 Å². The van der Waals surface area contributed by atoms with E-state index in [1.165, 1.54) is 24.8 Å². The van der Waals surface area contributed by atoms with Crippen molar-refractivity contribution in [3.63, 3.8) is 0 Å². The second-order valence-corrected chi connectivity index (χ2v) is 5.47. The summed E-state index contributed by atoms with van der Waals surface area (Å²) >= 11 is 0. The standard InChI is InChI=1S/C16H20O2/c17-16(12-5-2-1-3-6-12)14-8-9-15-13(11-14)7-4-10-18-15/h8-9,11-12H,1-7,10H2. The van der Waals surface area contributed by atoms with Crippen molar-refractivity contribution >= 4 is 5.78 Å². The zero-order valence-corrected chi connectivity index (χ0v) is 10.8. The number of rotatable bonds is 2. The summed E-state index contributed by atoms with van der Waals surface area (Å²) in [7, 11) is 0. The Bertz CT molecular complexity index is 444. The van der Waals surface area contributed by atoms with Crippen molar-refractivity contribution < 1.29 is 9.53 Å². The minimum atomic E-state index is 0.265. The zero-order valence-electron chi connectivity index (χ0n) is 10.8. The molecule has 18 heavy (non-hydrogen) atoms. The molecule has 0 N–H and O–H groups in total. The fraction of sp³-hybridized carbons (Fsp3) is 0.562. The first-order valence-electron chi connectivity index (χ1n) is 7.14. The van der Waals surface area contributed by atoms with Crippen LogP contribution in [-0.4, -0.2) is 12.4 Å². The van der Waals surface area contributed by atoms with Gasteiger partial charge in [0.05, 0.1) is 6.61 Å². The third kappa shape index (κ3) is 2.29. The van der Waals surface area contributed by atoms with Crippen molar-refractivity contribution in [2.45, 2.75) is 44.9 Å². The van der Waals surface area contributed by atoms with E-state index < -0.39 is 0 Å². The van der Waals surface area contributed by atoms with E-state index in [0.29, 0.717) is 5.78 Å². The molecule has 1 aromatic carbocycles. The third-order valence-electron chi connectivity index (χ3n) is 4.17. The Morgan fingerprint density at radius 3 is 2.78 bits per heavy atom. The molecule has 1 heterocycles. The number of hydrogen-bond donors (Lipinski definition) is 0. The topological polar surface area (TPSA) is 26.3 Å². The van der Waals surface area contributed by atoms with Gasteiger partial charge in [-0.05, 0) is 49.4 Å². The number of aryl methyl sites for hydroxylation is 1. The molecule has 0 spiro atoms. The lowest BCUT2D eigenvalue weighted by atomic mass is 9.83. The van der Waals surface area contributed by atoms with Crippen molar-refractivity contribution in [1.29, 1.82) is 0 Å². The zero-order chi connectivity index (χ0) is 12.4. The lowest BCUT2D eigenvalue weighted by Gasteiger charge is -2.22. The molecule has 1 aromatic rings. The first-order valence-corrected chi connectivity index (χ1v) is 7.14. The smallest absolute Gasteiger partial charge is 0.165 e. The maximum absolute atomic E-state index is 12.4. The van der Waals surface area contributed by atoms with Gasteiger partial charge >= 0.3 is 0 Å². The van der Waals surface area contributed by atoms with Gasteiger partial charge in [-0.3, -0.25) is 4.79 Å². The summed E-state index contributed by atoms with van der Waals surface area (Å²) in [5.41, 5.74) is 2.11. The Hall–Kier alpha value is -1.31. The number of carbonyl (C=O) groups is 1. The van der Waals surface area contributed by atoms with Crippen LogP contribution in [0.5, 0.6) is 5.75 Å². The minimum absolute atomic E-state index is 0.265. The summed E-state index contributed by atoms with van der Waals surface area (Å²) < 4.78 is 5.59. The Kier molecular flexibility index (Phi) is 3.35. The molecule has 1 fully saturated rings. The predicted molar refractivity (Wildman–Crippen MR) is 71.2 cm³/mol. The van der Waals surface area contributed by atoms with Crippen LogP contribution in [0.2, 0.25) is 0 Å². The first kappa shape index (κ1) is 11.8. The monoisotopic (exact) mass is 244 g/mol. The van der Waals surface area contributed by atoms with Gasteiger partial charge in [0.15, 0.2) is 5.78 Å². The van der Waals surface area contributed by atoms with Crippen molar-refractivity contribution in [1.82, 2.24) is 0 Å². The molecule has 0 radical (unpaired) electrons. The largest absolute Gasteiger partial charge is 0.493 e. The van der Waals surface area contributed by atoms with Crippen molar-refractivity contribution in [3.8, 4) is 5.75 Å². The third-order valence-corrected chi connectivity index (χ3v) is 4.17. The Morgan fingerprint density at radius 2 is 1.94 bits per heavy atom. The van der Waals surface area contributed by atoms with E-state index in [4.69, 9.17) is 4.74 Å². The van der Waals surface area contributed by atoms with Crippen LogP contribution in [0, 0.1) is 5.92 Å². The number of ketones is 1. The molecule has 96 valence electrons. The average molecular weight is 244 g/mol. The molecule has 0 saturated heterocycles. The van der Waals surface area contributed by atoms with Gasteiger partial charge in [0, 0.05) is 11.5 Å². The molecule has 3 rings (SSSR count). The molecular weight excluding hydrogens is 224 g/mol. The van der Waals surface area contributed by atoms with Crippen LogP contribution in [0.15, 0.2) is 18.2 Å². The molecule has 0 unspecified atom stereocenters. The van der Waals surface area contributed by atoms with Crippen LogP contribution in [0.1, 0.15) is 54.4 Å². The van der Waals surface area contributed by atoms with Crippen LogP contribution in [-0.2, 0) is 6.42 Å². The number of carbonyl (C=O) groups excluding carboxylic acids is 1. The fourth-order valence-electron chi connectivity index (χ4n) is 3.11. The highest BCUT2D eigenvalue weighted by atomic mass is 16.5. The van der Waals surface area contributed by atoms with Gasteiger partial charge in [-0.15, -0.1) is 0 Å². The summed E-state index contributed by atoms with van der Waals surface area (Å²) in [6.45, 7) is 0.808. The molecule has 0 amide bonds. The van der Waals surface area contributed by atoms with Crippen molar-refractivity contribution in [2.75, 3.05) is 6.61 Å². The summed E-state index contributed by atoms with van der Waals surface area (Å²) in [5.74, 6) is 1.59. The van der Waals surface area contributed by atoms with Gasteiger partial charge in [0.2, 0.25) is 0 Å². The number of benzene rings is 1. The number of ether oxygens (including phenoxy) is 1. The summed E-state index contributed by atoms with van der Waals surface area (Å²) in [5, 5.41) is 0. The van der Waals surface area contributed by atoms with Crippen LogP contribution in [0.4, 0.5) is 0 Å². The van der Waals surface area contributed by atoms with E-state index in [1.54, 1.807) is 0 Å². The molecular formula is C16H20O2. The van der Waals surface area contributed by atoms with Crippen molar-refractivity contribution in [2.24, 2.45) is 5.92 Å². The van der Waals surface area contributed by atoms with E-state index in [0.717, 1.165) is 43.6 Å². The molecule has 0 bridgehead atoms. The summed E-state index contributed by atoms with van der Waals surface area (Å²) in [6, 6.07) is 5.98. The van der Waals surface area contributed by atoms with Gasteiger partial charge in [-0.2, -0.15) is 0 Å². The number of hydrogen-bond acceptors (Lipinski definition) is 2. The molecule has 1 saturated carbocycles. The van der Waals surface area contributed by atoms with Gasteiger partial charge in [0.1, 0.15) is 5.75 Å². The maximum Gasteiger partial charge on any atom is 0.165 e. The highest BCUT2D eigenvalue weighted by Crippen LogP contribution is 2.30. The minimum Gasteiger partial charge on any atom is -0.493 e. The predicted octanol–water partition coefficient (Wildman–Crippen LogP) is 3.77. The highest BCUT2D eigenvalue weighted by Gasteiger charge is 2.23. The molecule has 0 atom stereocenters. The quantitative estimate of drug-likeness (QED) is 0.740. The fourth-order valence-corrected chi connectivity index (χ4v) is 3.11. The normalized spacial score (nSPS) is 20.0. The van der Waals surface area contributed by atoms with E-state index in [2.05, 4.69) is 6.07 Å². The second kappa shape index (κ2) is 5.13. The average Bonchev–Trinajstić information content (AvgIpc) is 2.47. The number of Topliss-reactive ketones (excluding diaryl/α,β-unsaturated/α-hetero) is 1. The van der Waals surface area contributed by atoms with Gasteiger partial charge in [-0.1, -0.05) is 19.3 Å². The van der Waals surface area contributed by atoms with E-state index in [9.17, 15) is 4.79 Å². The van der Waals surface area contributed by atoms with Gasteiger partial charge in [-0.25, -0.2) is 0 Å². The van der Waals surface area contributed by atoms with E-state index in [1.807, 2.05) is 12.1 Å². The van der Waals surface area contributed by atoms with Crippen molar-refractivity contribution in [3.05, 3.63) is 29.3 Å². The lowest BCUT2D eigenvalue weighted by molar-refractivity contribution is 0.0889. The van der Waals surface area contributed by atoms with Gasteiger partial charge in [0.25, 0.3) is 0 Å². The summed E-state index contributed by atoms with van der Waals surface area (Å²) in [6.07, 6.45) is 7.98.